The number of hydrogen-bond donors (Lipinski definition) is 2. The van der Waals surface area contributed by atoms with E-state index in [2.05, 4.69) is 5.32 Å². The predicted molar refractivity (Wildman–Crippen MR) is 79.2 cm³/mol. The first kappa shape index (κ1) is 19.9. The van der Waals surface area contributed by atoms with E-state index in [1.165, 1.54) is 12.1 Å². The maximum absolute atomic E-state index is 13.2. The first-order valence-electron chi connectivity index (χ1n) is 7.55. The Labute approximate surface area is 144 Å². The van der Waals surface area contributed by atoms with Gasteiger partial charge < -0.3 is 15.5 Å². The SMILES string of the molecule is O=C(Nc1ccccc1)N1C[C@@H](NC(=O)C(F)(F)F)CC[C@H]1C(F)(F)F. The fourth-order valence-electron chi connectivity index (χ4n) is 2.64. The van der Waals surface area contributed by atoms with Crippen LogP contribution in [0.25, 0.3) is 0 Å². The molecular weight excluding hydrogens is 368 g/mol. The van der Waals surface area contributed by atoms with Gasteiger partial charge in [0, 0.05) is 18.3 Å². The third-order valence-electron chi connectivity index (χ3n) is 3.84. The first-order chi connectivity index (χ1) is 12.0. The second-order valence-electron chi connectivity index (χ2n) is 5.75. The third-order valence-corrected chi connectivity index (χ3v) is 3.84. The number of para-hydroxylation sites is 1. The van der Waals surface area contributed by atoms with Crippen molar-refractivity contribution in [2.45, 2.75) is 37.3 Å². The molecule has 1 aliphatic rings. The number of nitrogens with one attached hydrogen (secondary N) is 2. The zero-order valence-corrected chi connectivity index (χ0v) is 13.2. The Bertz CT molecular complexity index is 647. The summed E-state index contributed by atoms with van der Waals surface area (Å²) in [4.78, 5) is 23.6. The van der Waals surface area contributed by atoms with Crippen LogP contribution in [0.1, 0.15) is 12.8 Å². The van der Waals surface area contributed by atoms with Crippen LogP contribution in [0, 0.1) is 0 Å². The van der Waals surface area contributed by atoms with E-state index < -0.39 is 49.3 Å². The van der Waals surface area contributed by atoms with Gasteiger partial charge in [-0.1, -0.05) is 18.2 Å². The minimum absolute atomic E-state index is 0.236. The first-order valence-corrected chi connectivity index (χ1v) is 7.55. The van der Waals surface area contributed by atoms with Crippen molar-refractivity contribution in [1.82, 2.24) is 10.2 Å². The Morgan fingerprint density at radius 1 is 1.00 bits per heavy atom. The summed E-state index contributed by atoms with van der Waals surface area (Å²) in [5.41, 5.74) is 0.236. The van der Waals surface area contributed by atoms with Crippen molar-refractivity contribution in [2.75, 3.05) is 11.9 Å². The van der Waals surface area contributed by atoms with Gasteiger partial charge >= 0.3 is 24.3 Å². The maximum atomic E-state index is 13.2. The molecule has 1 aromatic carbocycles. The average Bonchev–Trinajstić information content (AvgIpc) is 2.53. The molecule has 1 heterocycles. The fraction of sp³-hybridized carbons (Fsp3) is 0.467. The fourth-order valence-corrected chi connectivity index (χ4v) is 2.64. The lowest BCUT2D eigenvalue weighted by Crippen LogP contribution is -2.60. The molecule has 1 aliphatic heterocycles. The monoisotopic (exact) mass is 383 g/mol. The molecule has 0 aliphatic carbocycles. The van der Waals surface area contributed by atoms with Gasteiger partial charge in [-0.2, -0.15) is 26.3 Å². The Morgan fingerprint density at radius 3 is 2.15 bits per heavy atom. The van der Waals surface area contributed by atoms with E-state index in [0.29, 0.717) is 4.90 Å². The average molecular weight is 383 g/mol. The lowest BCUT2D eigenvalue weighted by atomic mass is 9.98. The van der Waals surface area contributed by atoms with Crippen LogP contribution in [0.5, 0.6) is 0 Å². The number of urea groups is 1. The standard InChI is InChI=1S/C15H15F6N3O2/c16-14(17,18)11-7-6-10(22-12(25)15(19,20)21)8-24(11)13(26)23-9-4-2-1-3-5-9/h1-5,10-11H,6-8H2,(H,22,25)(H,23,26)/t10-,11-/m0/s1. The van der Waals surface area contributed by atoms with Crippen molar-refractivity contribution >= 4 is 17.6 Å². The van der Waals surface area contributed by atoms with Gasteiger partial charge in [0.2, 0.25) is 0 Å². The van der Waals surface area contributed by atoms with Crippen LogP contribution < -0.4 is 10.6 Å². The van der Waals surface area contributed by atoms with Crippen molar-refractivity contribution in [1.29, 1.82) is 0 Å². The Balaban J connectivity index is 2.13. The number of likely N-dealkylation sites (tertiary alicyclic amines) is 1. The highest BCUT2D eigenvalue weighted by atomic mass is 19.4. The second-order valence-corrected chi connectivity index (χ2v) is 5.75. The van der Waals surface area contributed by atoms with E-state index in [9.17, 15) is 35.9 Å². The molecule has 2 N–H and O–H groups in total. The molecule has 11 heteroatoms. The Kier molecular flexibility index (Phi) is 5.67. The lowest BCUT2D eigenvalue weighted by molar-refractivity contribution is -0.186. The van der Waals surface area contributed by atoms with Crippen molar-refractivity contribution in [3.63, 3.8) is 0 Å². The molecule has 2 rings (SSSR count). The number of piperidine rings is 1. The number of benzene rings is 1. The summed E-state index contributed by atoms with van der Waals surface area (Å²) in [6.07, 6.45) is -10.8. The molecule has 0 spiro atoms. The minimum atomic E-state index is -5.15. The predicted octanol–water partition coefficient (Wildman–Crippen LogP) is 3.29. The number of anilines is 1. The molecule has 0 bridgehead atoms. The van der Waals surface area contributed by atoms with E-state index in [1.807, 2.05) is 0 Å². The van der Waals surface area contributed by atoms with Gasteiger partial charge in [0.25, 0.3) is 0 Å². The number of halogens is 6. The molecule has 1 aromatic rings. The number of nitrogens with zero attached hydrogens (tertiary/aromatic N) is 1. The number of carbonyl (C=O) groups excluding carboxylic acids is 2. The van der Waals surface area contributed by atoms with Crippen LogP contribution in [-0.4, -0.2) is 47.8 Å². The van der Waals surface area contributed by atoms with E-state index in [1.54, 1.807) is 23.5 Å². The van der Waals surface area contributed by atoms with Crippen LogP contribution in [0.4, 0.5) is 36.8 Å². The van der Waals surface area contributed by atoms with Gasteiger partial charge in [0.1, 0.15) is 6.04 Å². The van der Waals surface area contributed by atoms with Gasteiger partial charge in [-0.25, -0.2) is 4.79 Å². The van der Waals surface area contributed by atoms with Crippen LogP contribution in [-0.2, 0) is 4.79 Å². The summed E-state index contributed by atoms with van der Waals surface area (Å²) in [6.45, 7) is -0.690. The number of rotatable bonds is 2. The topological polar surface area (TPSA) is 61.4 Å². The molecule has 1 saturated heterocycles. The summed E-state index contributed by atoms with van der Waals surface area (Å²) in [5.74, 6) is -2.25. The lowest BCUT2D eigenvalue weighted by Gasteiger charge is -2.40. The van der Waals surface area contributed by atoms with Gasteiger partial charge in [0.05, 0.1) is 0 Å². The van der Waals surface area contributed by atoms with E-state index >= 15 is 0 Å². The largest absolute Gasteiger partial charge is 0.471 e. The molecule has 3 amide bonds. The molecule has 0 radical (unpaired) electrons. The van der Waals surface area contributed by atoms with Crippen molar-refractivity contribution in [3.05, 3.63) is 30.3 Å². The van der Waals surface area contributed by atoms with Crippen LogP contribution >= 0.6 is 0 Å². The zero-order chi connectivity index (χ0) is 19.5. The molecule has 26 heavy (non-hydrogen) atoms. The summed E-state index contributed by atoms with van der Waals surface area (Å²) >= 11 is 0. The highest BCUT2D eigenvalue weighted by molar-refractivity contribution is 5.89. The van der Waals surface area contributed by atoms with Gasteiger partial charge in [-0.05, 0) is 25.0 Å². The number of amides is 3. The number of carbonyl (C=O) groups is 2. The number of hydrogen-bond acceptors (Lipinski definition) is 2. The summed E-state index contributed by atoms with van der Waals surface area (Å²) in [6, 6.07) is 3.16. The summed E-state index contributed by atoms with van der Waals surface area (Å²) < 4.78 is 76.5. The second kappa shape index (κ2) is 7.42. The smallest absolute Gasteiger partial charge is 0.344 e. The molecule has 0 saturated carbocycles. The van der Waals surface area contributed by atoms with E-state index in [0.717, 1.165) is 0 Å². The molecule has 1 fully saturated rings. The summed E-state index contributed by atoms with van der Waals surface area (Å²) in [5, 5.41) is 3.90. The maximum Gasteiger partial charge on any atom is 0.471 e. The highest BCUT2D eigenvalue weighted by Crippen LogP contribution is 2.32. The van der Waals surface area contributed by atoms with Crippen LogP contribution in [0.3, 0.4) is 0 Å². The highest BCUT2D eigenvalue weighted by Gasteiger charge is 2.49. The quantitative estimate of drug-likeness (QED) is 0.770. The number of alkyl halides is 6. The van der Waals surface area contributed by atoms with Crippen molar-refractivity contribution in [3.8, 4) is 0 Å². The molecule has 0 aromatic heterocycles. The van der Waals surface area contributed by atoms with E-state index in [4.69, 9.17) is 0 Å². The molecule has 0 unspecified atom stereocenters. The Morgan fingerprint density at radius 2 is 1.62 bits per heavy atom. The van der Waals surface area contributed by atoms with Crippen LogP contribution in [0.2, 0.25) is 0 Å². The normalized spacial score (nSPS) is 21.2. The molecule has 144 valence electrons. The van der Waals surface area contributed by atoms with Gasteiger partial charge in [-0.3, -0.25) is 4.79 Å². The molecule has 5 nitrogen and oxygen atoms in total. The molecular formula is C15H15F6N3O2. The van der Waals surface area contributed by atoms with Crippen molar-refractivity contribution in [2.24, 2.45) is 0 Å². The van der Waals surface area contributed by atoms with Gasteiger partial charge in [-0.15, -0.1) is 0 Å². The zero-order valence-electron chi connectivity index (χ0n) is 13.2. The molecule has 2 atom stereocenters. The third kappa shape index (κ3) is 5.02. The minimum Gasteiger partial charge on any atom is -0.344 e. The van der Waals surface area contributed by atoms with Gasteiger partial charge in [0.15, 0.2) is 0 Å². The Hall–Kier alpha value is -2.46. The van der Waals surface area contributed by atoms with E-state index in [-0.39, 0.29) is 12.1 Å². The van der Waals surface area contributed by atoms with Crippen molar-refractivity contribution < 1.29 is 35.9 Å². The summed E-state index contributed by atoms with van der Waals surface area (Å²) in [7, 11) is 0. The van der Waals surface area contributed by atoms with Crippen LogP contribution in [0.15, 0.2) is 30.3 Å².